The maximum Gasteiger partial charge on any atom is 0.143 e. The van der Waals surface area contributed by atoms with Crippen LogP contribution in [0.4, 0.5) is 5.82 Å². The monoisotopic (exact) mass is 375 g/mol. The molecule has 1 atom stereocenters. The first kappa shape index (κ1) is 15.0. The van der Waals surface area contributed by atoms with Crippen molar-refractivity contribution < 1.29 is 4.74 Å². The highest BCUT2D eigenvalue weighted by atomic mass is 127. The topological polar surface area (TPSA) is 47.0 Å². The molecule has 1 unspecified atom stereocenters. The lowest BCUT2D eigenvalue weighted by Gasteiger charge is -2.22. The Balaban J connectivity index is 2.16. The lowest BCUT2D eigenvalue weighted by atomic mass is 10.1. The Hall–Kier alpha value is -0.430. The molecular weight excluding hydrogens is 353 g/mol. The van der Waals surface area contributed by atoms with Crippen LogP contribution in [0.2, 0.25) is 0 Å². The number of hydrogen-bond acceptors (Lipinski definition) is 4. The molecule has 0 bridgehead atoms. The molecule has 2 heterocycles. The second-order valence-corrected chi connectivity index (χ2v) is 5.90. The molecule has 1 aliphatic rings. The summed E-state index contributed by atoms with van der Waals surface area (Å²) in [5.74, 6) is 1.89. The summed E-state index contributed by atoms with van der Waals surface area (Å²) in [6.07, 6.45) is 5.66. The summed E-state index contributed by atoms with van der Waals surface area (Å²) in [5, 5.41) is 3.33. The molecule has 1 aromatic heterocycles. The van der Waals surface area contributed by atoms with Crippen molar-refractivity contribution in [2.24, 2.45) is 0 Å². The van der Waals surface area contributed by atoms with E-state index in [1.165, 1.54) is 12.8 Å². The first-order valence-electron chi connectivity index (χ1n) is 7.15. The van der Waals surface area contributed by atoms with Crippen molar-refractivity contribution in [1.29, 1.82) is 0 Å². The molecule has 0 spiro atoms. The molecule has 106 valence electrons. The van der Waals surface area contributed by atoms with Gasteiger partial charge in [0.15, 0.2) is 0 Å². The molecule has 0 saturated carbocycles. The van der Waals surface area contributed by atoms with Crippen LogP contribution in [0, 0.1) is 3.57 Å². The molecule has 0 radical (unpaired) electrons. The predicted molar refractivity (Wildman–Crippen MR) is 85.6 cm³/mol. The summed E-state index contributed by atoms with van der Waals surface area (Å²) in [4.78, 5) is 9.34. The van der Waals surface area contributed by atoms with Gasteiger partial charge in [-0.1, -0.05) is 6.92 Å². The molecular formula is C14H22IN3O. The summed E-state index contributed by atoms with van der Waals surface area (Å²) in [5.41, 5.74) is 1.14. The molecule has 5 heteroatoms. The Labute approximate surface area is 128 Å². The summed E-state index contributed by atoms with van der Waals surface area (Å²) in [7, 11) is 0. The Bertz CT molecular complexity index is 419. The van der Waals surface area contributed by atoms with E-state index in [1.807, 2.05) is 0 Å². The zero-order valence-electron chi connectivity index (χ0n) is 11.7. The molecule has 1 aromatic rings. The third kappa shape index (κ3) is 4.02. The zero-order chi connectivity index (χ0) is 13.7. The van der Waals surface area contributed by atoms with Crippen LogP contribution in [-0.2, 0) is 17.6 Å². The van der Waals surface area contributed by atoms with Crippen molar-refractivity contribution in [3.05, 3.63) is 15.1 Å². The fourth-order valence-electron chi connectivity index (χ4n) is 2.33. The minimum absolute atomic E-state index is 0.299. The number of ether oxygens (including phenoxy) is 1. The largest absolute Gasteiger partial charge is 0.378 e. The summed E-state index contributed by atoms with van der Waals surface area (Å²) < 4.78 is 6.93. The average molecular weight is 375 g/mol. The lowest BCUT2D eigenvalue weighted by molar-refractivity contribution is 0.0156. The first-order chi connectivity index (χ1) is 9.24. The van der Waals surface area contributed by atoms with Crippen molar-refractivity contribution in [3.8, 4) is 0 Å². The van der Waals surface area contributed by atoms with Crippen molar-refractivity contribution in [2.75, 3.05) is 18.5 Å². The van der Waals surface area contributed by atoms with E-state index in [1.54, 1.807) is 0 Å². The van der Waals surface area contributed by atoms with Gasteiger partial charge in [0, 0.05) is 19.6 Å². The maximum atomic E-state index is 5.78. The van der Waals surface area contributed by atoms with Crippen LogP contribution < -0.4 is 5.32 Å². The van der Waals surface area contributed by atoms with Crippen LogP contribution in [0.5, 0.6) is 0 Å². The van der Waals surface area contributed by atoms with E-state index >= 15 is 0 Å². The highest BCUT2D eigenvalue weighted by Gasteiger charge is 2.18. The van der Waals surface area contributed by atoms with E-state index in [0.29, 0.717) is 6.10 Å². The number of hydrogen-bond donors (Lipinski definition) is 1. The van der Waals surface area contributed by atoms with Gasteiger partial charge in [-0.25, -0.2) is 9.97 Å². The normalized spacial score (nSPS) is 19.4. The second kappa shape index (κ2) is 7.38. The van der Waals surface area contributed by atoms with Gasteiger partial charge in [0.05, 0.1) is 15.4 Å². The lowest BCUT2D eigenvalue weighted by Crippen LogP contribution is -2.23. The standard InChI is InChI=1S/C14H22IN3O/c1-3-11-13(15)14(16-4-2)18-12(17-11)9-10-7-5-6-8-19-10/h10H,3-9H2,1-2H3,(H,16,17,18). The molecule has 1 fully saturated rings. The van der Waals surface area contributed by atoms with E-state index in [4.69, 9.17) is 4.74 Å². The van der Waals surface area contributed by atoms with Gasteiger partial charge in [-0.3, -0.25) is 0 Å². The number of nitrogens with zero attached hydrogens (tertiary/aromatic N) is 2. The molecule has 1 aliphatic heterocycles. The van der Waals surface area contributed by atoms with Gasteiger partial charge in [-0.15, -0.1) is 0 Å². The highest BCUT2D eigenvalue weighted by Crippen LogP contribution is 2.22. The molecule has 1 N–H and O–H groups in total. The Morgan fingerprint density at radius 1 is 1.32 bits per heavy atom. The number of aryl methyl sites for hydroxylation is 1. The average Bonchev–Trinajstić information content (AvgIpc) is 2.43. The van der Waals surface area contributed by atoms with E-state index in [0.717, 1.165) is 53.3 Å². The van der Waals surface area contributed by atoms with E-state index in [-0.39, 0.29) is 0 Å². The number of halogens is 1. The van der Waals surface area contributed by atoms with E-state index in [9.17, 15) is 0 Å². The minimum Gasteiger partial charge on any atom is -0.378 e. The van der Waals surface area contributed by atoms with Gasteiger partial charge in [-0.05, 0) is 55.2 Å². The summed E-state index contributed by atoms with van der Waals surface area (Å²) in [6, 6.07) is 0. The molecule has 4 nitrogen and oxygen atoms in total. The first-order valence-corrected chi connectivity index (χ1v) is 8.23. The van der Waals surface area contributed by atoms with Crippen LogP contribution in [0.15, 0.2) is 0 Å². The van der Waals surface area contributed by atoms with Crippen LogP contribution in [0.25, 0.3) is 0 Å². The van der Waals surface area contributed by atoms with Crippen molar-refractivity contribution in [3.63, 3.8) is 0 Å². The number of anilines is 1. The van der Waals surface area contributed by atoms with Gasteiger partial charge in [0.1, 0.15) is 11.6 Å². The smallest absolute Gasteiger partial charge is 0.143 e. The molecule has 1 saturated heterocycles. The van der Waals surface area contributed by atoms with Crippen molar-refractivity contribution >= 4 is 28.4 Å². The van der Waals surface area contributed by atoms with Gasteiger partial charge < -0.3 is 10.1 Å². The predicted octanol–water partition coefficient (Wildman–Crippen LogP) is 3.19. The third-order valence-electron chi connectivity index (χ3n) is 3.33. The summed E-state index contributed by atoms with van der Waals surface area (Å²) in [6.45, 7) is 6.00. The van der Waals surface area contributed by atoms with Crippen LogP contribution in [0.1, 0.15) is 44.6 Å². The van der Waals surface area contributed by atoms with Crippen molar-refractivity contribution in [2.45, 2.75) is 52.1 Å². The fraction of sp³-hybridized carbons (Fsp3) is 0.714. The van der Waals surface area contributed by atoms with Gasteiger partial charge in [0.25, 0.3) is 0 Å². The van der Waals surface area contributed by atoms with E-state index < -0.39 is 0 Å². The molecule has 2 rings (SSSR count). The highest BCUT2D eigenvalue weighted by molar-refractivity contribution is 14.1. The maximum absolute atomic E-state index is 5.78. The zero-order valence-corrected chi connectivity index (χ0v) is 13.9. The SMILES string of the molecule is CCNc1nc(CC2CCCCO2)nc(CC)c1I. The Morgan fingerprint density at radius 3 is 2.79 bits per heavy atom. The fourth-order valence-corrected chi connectivity index (χ4v) is 3.14. The van der Waals surface area contributed by atoms with Crippen LogP contribution in [0.3, 0.4) is 0 Å². The number of nitrogens with one attached hydrogen (secondary N) is 1. The minimum atomic E-state index is 0.299. The molecule has 0 aromatic carbocycles. The quantitative estimate of drug-likeness (QED) is 0.804. The van der Waals surface area contributed by atoms with Gasteiger partial charge in [0.2, 0.25) is 0 Å². The second-order valence-electron chi connectivity index (χ2n) is 4.83. The Kier molecular flexibility index (Phi) is 5.81. The third-order valence-corrected chi connectivity index (χ3v) is 4.46. The number of rotatable bonds is 5. The van der Waals surface area contributed by atoms with Crippen LogP contribution >= 0.6 is 22.6 Å². The van der Waals surface area contributed by atoms with E-state index in [2.05, 4.69) is 51.7 Å². The summed E-state index contributed by atoms with van der Waals surface area (Å²) >= 11 is 2.33. The Morgan fingerprint density at radius 2 is 2.16 bits per heavy atom. The van der Waals surface area contributed by atoms with Gasteiger partial charge >= 0.3 is 0 Å². The number of aromatic nitrogens is 2. The molecule has 0 aliphatic carbocycles. The molecule has 19 heavy (non-hydrogen) atoms. The van der Waals surface area contributed by atoms with Gasteiger partial charge in [-0.2, -0.15) is 0 Å². The van der Waals surface area contributed by atoms with Crippen LogP contribution in [-0.4, -0.2) is 29.2 Å². The molecule has 0 amide bonds. The van der Waals surface area contributed by atoms with Crippen molar-refractivity contribution in [1.82, 2.24) is 9.97 Å².